The Balaban J connectivity index is 1.73. The SMILES string of the molecule is COc1cc(F)c(NCc2cc(-c3ccccc3)no2)cc1OC. The second-order valence-corrected chi connectivity index (χ2v) is 5.09. The van der Waals surface area contributed by atoms with Gasteiger partial charge in [0.15, 0.2) is 17.3 Å². The molecule has 0 atom stereocenters. The molecular weight excluding hydrogens is 311 g/mol. The lowest BCUT2D eigenvalue weighted by molar-refractivity contribution is 0.352. The van der Waals surface area contributed by atoms with E-state index in [-0.39, 0.29) is 0 Å². The van der Waals surface area contributed by atoms with Crippen LogP contribution in [0.4, 0.5) is 10.1 Å². The third-order valence-corrected chi connectivity index (χ3v) is 3.55. The summed E-state index contributed by atoms with van der Waals surface area (Å²) in [6.45, 7) is 0.298. The molecule has 0 spiro atoms. The predicted molar refractivity (Wildman–Crippen MR) is 88.8 cm³/mol. The van der Waals surface area contributed by atoms with Crippen molar-refractivity contribution in [1.29, 1.82) is 0 Å². The summed E-state index contributed by atoms with van der Waals surface area (Å²) in [5, 5.41) is 7.00. The van der Waals surface area contributed by atoms with Gasteiger partial charge in [-0.15, -0.1) is 0 Å². The molecule has 0 aliphatic carbocycles. The van der Waals surface area contributed by atoms with Crippen LogP contribution < -0.4 is 14.8 Å². The normalized spacial score (nSPS) is 10.5. The van der Waals surface area contributed by atoms with Crippen LogP contribution in [0.25, 0.3) is 11.3 Å². The van der Waals surface area contributed by atoms with Crippen LogP contribution in [-0.4, -0.2) is 19.4 Å². The van der Waals surface area contributed by atoms with Crippen LogP contribution in [0.2, 0.25) is 0 Å². The van der Waals surface area contributed by atoms with E-state index in [1.807, 2.05) is 36.4 Å². The van der Waals surface area contributed by atoms with Gasteiger partial charge in [0.1, 0.15) is 11.5 Å². The Labute approximate surface area is 139 Å². The summed E-state index contributed by atoms with van der Waals surface area (Å²) in [6, 6.07) is 14.3. The number of methoxy groups -OCH3 is 2. The summed E-state index contributed by atoms with van der Waals surface area (Å²) in [5.74, 6) is 0.953. The van der Waals surface area contributed by atoms with E-state index in [4.69, 9.17) is 14.0 Å². The van der Waals surface area contributed by atoms with Crippen molar-refractivity contribution < 1.29 is 18.4 Å². The first-order valence-corrected chi connectivity index (χ1v) is 7.37. The lowest BCUT2D eigenvalue weighted by atomic mass is 10.1. The average Bonchev–Trinajstić information content (AvgIpc) is 3.10. The highest BCUT2D eigenvalue weighted by molar-refractivity contribution is 5.59. The van der Waals surface area contributed by atoms with E-state index in [2.05, 4.69) is 10.5 Å². The molecule has 0 aliphatic heterocycles. The minimum Gasteiger partial charge on any atom is -0.493 e. The summed E-state index contributed by atoms with van der Waals surface area (Å²) >= 11 is 0. The topological polar surface area (TPSA) is 56.5 Å². The zero-order valence-electron chi connectivity index (χ0n) is 13.4. The average molecular weight is 328 g/mol. The maximum atomic E-state index is 14.1. The summed E-state index contributed by atoms with van der Waals surface area (Å²) in [7, 11) is 2.96. The lowest BCUT2D eigenvalue weighted by Crippen LogP contribution is -2.02. The van der Waals surface area contributed by atoms with Crippen LogP contribution in [0, 0.1) is 5.82 Å². The van der Waals surface area contributed by atoms with Crippen molar-refractivity contribution in [2.75, 3.05) is 19.5 Å². The minimum atomic E-state index is -0.435. The molecule has 5 nitrogen and oxygen atoms in total. The fraction of sp³-hybridized carbons (Fsp3) is 0.167. The number of halogens is 1. The minimum absolute atomic E-state index is 0.297. The van der Waals surface area contributed by atoms with Gasteiger partial charge in [-0.1, -0.05) is 35.5 Å². The van der Waals surface area contributed by atoms with Gasteiger partial charge in [-0.05, 0) is 0 Å². The quantitative estimate of drug-likeness (QED) is 0.738. The molecular formula is C18H17FN2O3. The Bertz CT molecular complexity index is 818. The number of hydrogen-bond donors (Lipinski definition) is 1. The molecule has 0 saturated heterocycles. The van der Waals surface area contributed by atoms with Gasteiger partial charge < -0.3 is 19.3 Å². The number of aromatic nitrogens is 1. The molecule has 0 fully saturated rings. The first kappa shape index (κ1) is 15.9. The predicted octanol–water partition coefficient (Wildman–Crippen LogP) is 4.11. The number of nitrogens with zero attached hydrogens (tertiary/aromatic N) is 1. The molecule has 6 heteroatoms. The van der Waals surface area contributed by atoms with E-state index in [0.717, 1.165) is 11.3 Å². The number of anilines is 1. The summed E-state index contributed by atoms with van der Waals surface area (Å²) in [4.78, 5) is 0. The molecule has 0 unspecified atom stereocenters. The fourth-order valence-electron chi connectivity index (χ4n) is 2.31. The number of nitrogens with one attached hydrogen (secondary N) is 1. The molecule has 1 heterocycles. The molecule has 0 radical (unpaired) electrons. The third-order valence-electron chi connectivity index (χ3n) is 3.55. The van der Waals surface area contributed by atoms with Crippen molar-refractivity contribution in [2.45, 2.75) is 6.54 Å². The molecule has 1 aromatic heterocycles. The third kappa shape index (κ3) is 3.32. The highest BCUT2D eigenvalue weighted by atomic mass is 19.1. The monoisotopic (exact) mass is 328 g/mol. The summed E-state index contributed by atoms with van der Waals surface area (Å²) in [6.07, 6.45) is 0. The van der Waals surface area contributed by atoms with E-state index in [0.29, 0.717) is 29.5 Å². The van der Waals surface area contributed by atoms with Gasteiger partial charge in [-0.3, -0.25) is 0 Å². The number of hydrogen-bond acceptors (Lipinski definition) is 5. The zero-order valence-corrected chi connectivity index (χ0v) is 13.4. The standard InChI is InChI=1S/C18H17FN2O3/c1-22-17-9-14(19)16(10-18(17)23-2)20-11-13-8-15(21-24-13)12-6-4-3-5-7-12/h3-10,20H,11H2,1-2H3. The summed E-state index contributed by atoms with van der Waals surface area (Å²) < 4.78 is 29.6. The highest BCUT2D eigenvalue weighted by Gasteiger charge is 2.12. The van der Waals surface area contributed by atoms with Gasteiger partial charge in [0.25, 0.3) is 0 Å². The number of rotatable bonds is 6. The van der Waals surface area contributed by atoms with Gasteiger partial charge in [-0.25, -0.2) is 4.39 Å². The lowest BCUT2D eigenvalue weighted by Gasteiger charge is -2.11. The second-order valence-electron chi connectivity index (χ2n) is 5.09. The van der Waals surface area contributed by atoms with Gasteiger partial charge in [-0.2, -0.15) is 0 Å². The molecule has 2 aromatic carbocycles. The fourth-order valence-corrected chi connectivity index (χ4v) is 2.31. The smallest absolute Gasteiger partial charge is 0.163 e. The van der Waals surface area contributed by atoms with Crippen molar-refractivity contribution in [1.82, 2.24) is 5.16 Å². The molecule has 0 aliphatic rings. The van der Waals surface area contributed by atoms with Crippen LogP contribution in [0.1, 0.15) is 5.76 Å². The zero-order chi connectivity index (χ0) is 16.9. The van der Waals surface area contributed by atoms with E-state index in [9.17, 15) is 4.39 Å². The van der Waals surface area contributed by atoms with Crippen LogP contribution in [0.15, 0.2) is 53.1 Å². The Morgan fingerprint density at radius 3 is 2.46 bits per heavy atom. The van der Waals surface area contributed by atoms with Crippen LogP contribution >= 0.6 is 0 Å². The molecule has 0 saturated carbocycles. The van der Waals surface area contributed by atoms with E-state index >= 15 is 0 Å². The Morgan fingerprint density at radius 1 is 1.04 bits per heavy atom. The van der Waals surface area contributed by atoms with Crippen molar-refractivity contribution >= 4 is 5.69 Å². The maximum absolute atomic E-state index is 14.1. The molecule has 3 aromatic rings. The summed E-state index contributed by atoms with van der Waals surface area (Å²) in [5.41, 5.74) is 2.00. The van der Waals surface area contributed by atoms with E-state index in [1.54, 1.807) is 6.07 Å². The number of ether oxygens (including phenoxy) is 2. The van der Waals surface area contributed by atoms with Crippen molar-refractivity contribution in [3.05, 3.63) is 60.1 Å². The van der Waals surface area contributed by atoms with Crippen molar-refractivity contribution in [3.8, 4) is 22.8 Å². The number of benzene rings is 2. The maximum Gasteiger partial charge on any atom is 0.163 e. The van der Waals surface area contributed by atoms with Crippen LogP contribution in [0.3, 0.4) is 0 Å². The Kier molecular flexibility index (Phi) is 4.65. The first-order valence-electron chi connectivity index (χ1n) is 7.37. The largest absolute Gasteiger partial charge is 0.493 e. The molecule has 1 N–H and O–H groups in total. The molecule has 0 amide bonds. The van der Waals surface area contributed by atoms with Gasteiger partial charge in [0.2, 0.25) is 0 Å². The second kappa shape index (κ2) is 7.04. The van der Waals surface area contributed by atoms with Crippen LogP contribution in [0.5, 0.6) is 11.5 Å². The molecule has 124 valence electrons. The first-order chi connectivity index (χ1) is 11.7. The van der Waals surface area contributed by atoms with Gasteiger partial charge in [0.05, 0.1) is 26.5 Å². The Hall–Kier alpha value is -3.02. The highest BCUT2D eigenvalue weighted by Crippen LogP contribution is 2.32. The van der Waals surface area contributed by atoms with Crippen LogP contribution in [-0.2, 0) is 6.54 Å². The van der Waals surface area contributed by atoms with E-state index in [1.165, 1.54) is 20.3 Å². The molecule has 3 rings (SSSR count). The van der Waals surface area contributed by atoms with Gasteiger partial charge in [0, 0.05) is 23.8 Å². The van der Waals surface area contributed by atoms with Gasteiger partial charge >= 0.3 is 0 Å². The van der Waals surface area contributed by atoms with Crippen molar-refractivity contribution in [2.24, 2.45) is 0 Å². The van der Waals surface area contributed by atoms with Crippen molar-refractivity contribution in [3.63, 3.8) is 0 Å². The van der Waals surface area contributed by atoms with E-state index < -0.39 is 5.82 Å². The molecule has 0 bridgehead atoms. The molecule has 24 heavy (non-hydrogen) atoms. The Morgan fingerprint density at radius 2 is 1.75 bits per heavy atom.